The maximum atomic E-state index is 11.8. The van der Waals surface area contributed by atoms with E-state index < -0.39 is 22.8 Å². The van der Waals surface area contributed by atoms with Gasteiger partial charge in [-0.2, -0.15) is 5.26 Å². The molecule has 0 aromatic heterocycles. The molecule has 0 aliphatic heterocycles. The number of rotatable bonds is 2. The van der Waals surface area contributed by atoms with Crippen molar-refractivity contribution < 1.29 is 24.8 Å². The Kier molecular flexibility index (Phi) is 4.48. The molecule has 5 heteroatoms. The van der Waals surface area contributed by atoms with Crippen LogP contribution in [0.4, 0.5) is 0 Å². The normalized spacial score (nSPS) is 12.1. The van der Waals surface area contributed by atoms with Gasteiger partial charge in [-0.3, -0.25) is 4.89 Å². The van der Waals surface area contributed by atoms with Crippen LogP contribution in [0, 0.1) is 0 Å². The SMILES string of the molecule is CC(C)(C)c1c(C(=O)O)ccc(C(=O)OO)c1C(C)(C)C. The number of carbonyl (C=O) groups is 2. The highest BCUT2D eigenvalue weighted by Crippen LogP contribution is 2.38. The van der Waals surface area contributed by atoms with Crippen LogP contribution in [0.15, 0.2) is 12.1 Å². The van der Waals surface area contributed by atoms with Crippen molar-refractivity contribution in [3.63, 3.8) is 0 Å². The molecule has 0 aliphatic rings. The zero-order chi connectivity index (χ0) is 16.6. The number of carbonyl (C=O) groups excluding carboxylic acids is 1. The van der Waals surface area contributed by atoms with Crippen LogP contribution in [0.25, 0.3) is 0 Å². The van der Waals surface area contributed by atoms with Gasteiger partial charge in [0.2, 0.25) is 0 Å². The Hall–Kier alpha value is -1.88. The first kappa shape index (κ1) is 17.2. The van der Waals surface area contributed by atoms with Crippen LogP contribution in [-0.4, -0.2) is 22.3 Å². The zero-order valence-corrected chi connectivity index (χ0v) is 13.3. The highest BCUT2D eigenvalue weighted by molar-refractivity contribution is 5.96. The highest BCUT2D eigenvalue weighted by atomic mass is 17.1. The third-order valence-corrected chi connectivity index (χ3v) is 3.24. The van der Waals surface area contributed by atoms with Gasteiger partial charge in [-0.1, -0.05) is 41.5 Å². The van der Waals surface area contributed by atoms with Crippen LogP contribution in [0.5, 0.6) is 0 Å². The van der Waals surface area contributed by atoms with Crippen LogP contribution in [0.3, 0.4) is 0 Å². The molecular weight excluding hydrogens is 272 g/mol. The largest absolute Gasteiger partial charge is 0.478 e. The number of hydrogen-bond acceptors (Lipinski definition) is 4. The Morgan fingerprint density at radius 1 is 0.905 bits per heavy atom. The summed E-state index contributed by atoms with van der Waals surface area (Å²) in [4.78, 5) is 27.2. The molecule has 5 nitrogen and oxygen atoms in total. The second kappa shape index (κ2) is 5.48. The summed E-state index contributed by atoms with van der Waals surface area (Å²) in [7, 11) is 0. The zero-order valence-electron chi connectivity index (χ0n) is 13.3. The number of aromatic carboxylic acids is 1. The Morgan fingerprint density at radius 3 is 1.62 bits per heavy atom. The van der Waals surface area contributed by atoms with E-state index in [4.69, 9.17) is 5.26 Å². The fourth-order valence-electron chi connectivity index (χ4n) is 2.56. The number of carboxylic acids is 1. The van der Waals surface area contributed by atoms with E-state index in [1.54, 1.807) is 0 Å². The molecule has 1 aromatic rings. The second-order valence-electron chi connectivity index (χ2n) is 7.09. The molecule has 0 amide bonds. The van der Waals surface area contributed by atoms with E-state index in [-0.39, 0.29) is 11.1 Å². The number of benzene rings is 1. The van der Waals surface area contributed by atoms with E-state index in [0.29, 0.717) is 11.1 Å². The standard InChI is InChI=1S/C16H22O5/c1-15(2,3)11-9(13(17)18)7-8-10(14(19)21-20)12(11)16(4,5)6/h7-8,20H,1-6H3,(H,17,18). The molecule has 0 aliphatic carbocycles. The van der Waals surface area contributed by atoms with Gasteiger partial charge in [0.15, 0.2) is 0 Å². The third kappa shape index (κ3) is 3.42. The average molecular weight is 294 g/mol. The predicted molar refractivity (Wildman–Crippen MR) is 78.8 cm³/mol. The molecule has 0 radical (unpaired) electrons. The fraction of sp³-hybridized carbons (Fsp3) is 0.500. The minimum Gasteiger partial charge on any atom is -0.478 e. The molecule has 1 aromatic carbocycles. The number of hydrogen-bond donors (Lipinski definition) is 2. The molecule has 0 unspecified atom stereocenters. The molecule has 1 rings (SSSR count). The van der Waals surface area contributed by atoms with E-state index in [1.165, 1.54) is 12.1 Å². The summed E-state index contributed by atoms with van der Waals surface area (Å²) >= 11 is 0. The maximum absolute atomic E-state index is 11.8. The Morgan fingerprint density at radius 2 is 1.29 bits per heavy atom. The lowest BCUT2D eigenvalue weighted by Crippen LogP contribution is -2.28. The van der Waals surface area contributed by atoms with Gasteiger partial charge in [0.05, 0.1) is 11.1 Å². The summed E-state index contributed by atoms with van der Waals surface area (Å²) in [6, 6.07) is 2.77. The van der Waals surface area contributed by atoms with Crippen molar-refractivity contribution in [1.82, 2.24) is 0 Å². The van der Waals surface area contributed by atoms with Crippen LogP contribution < -0.4 is 0 Å². The monoisotopic (exact) mass is 294 g/mol. The van der Waals surface area contributed by atoms with Crippen molar-refractivity contribution in [3.05, 3.63) is 34.4 Å². The van der Waals surface area contributed by atoms with Gasteiger partial charge in [0.1, 0.15) is 0 Å². The Balaban J connectivity index is 3.92. The van der Waals surface area contributed by atoms with Crippen molar-refractivity contribution >= 4 is 11.9 Å². The molecule has 0 bridgehead atoms. The van der Waals surface area contributed by atoms with Crippen LogP contribution in [0.1, 0.15) is 73.4 Å². The molecule has 0 saturated carbocycles. The van der Waals surface area contributed by atoms with Crippen molar-refractivity contribution in [2.45, 2.75) is 52.4 Å². The first-order valence-corrected chi connectivity index (χ1v) is 6.68. The summed E-state index contributed by atoms with van der Waals surface area (Å²) in [5.41, 5.74) is 0.515. The van der Waals surface area contributed by atoms with Crippen molar-refractivity contribution in [3.8, 4) is 0 Å². The van der Waals surface area contributed by atoms with Gasteiger partial charge in [0, 0.05) is 0 Å². The second-order valence-corrected chi connectivity index (χ2v) is 7.09. The first-order chi connectivity index (χ1) is 9.41. The minimum atomic E-state index is -1.05. The van der Waals surface area contributed by atoms with Crippen LogP contribution >= 0.6 is 0 Å². The van der Waals surface area contributed by atoms with E-state index in [2.05, 4.69) is 4.89 Å². The highest BCUT2D eigenvalue weighted by Gasteiger charge is 2.34. The third-order valence-electron chi connectivity index (χ3n) is 3.24. The van der Waals surface area contributed by atoms with Gasteiger partial charge < -0.3 is 5.11 Å². The van der Waals surface area contributed by atoms with Gasteiger partial charge in [0.25, 0.3) is 0 Å². The Bertz CT molecular complexity index is 574. The van der Waals surface area contributed by atoms with Gasteiger partial charge >= 0.3 is 11.9 Å². The smallest absolute Gasteiger partial charge is 0.373 e. The van der Waals surface area contributed by atoms with Gasteiger partial charge in [-0.25, -0.2) is 9.59 Å². The molecule has 21 heavy (non-hydrogen) atoms. The van der Waals surface area contributed by atoms with E-state index in [1.807, 2.05) is 41.5 Å². The van der Waals surface area contributed by atoms with Crippen molar-refractivity contribution in [2.24, 2.45) is 0 Å². The fourth-order valence-corrected chi connectivity index (χ4v) is 2.56. The molecular formula is C16H22O5. The lowest BCUT2D eigenvalue weighted by molar-refractivity contribution is -0.182. The summed E-state index contributed by atoms with van der Waals surface area (Å²) in [5, 5.41) is 18.1. The molecule has 0 atom stereocenters. The first-order valence-electron chi connectivity index (χ1n) is 6.68. The summed E-state index contributed by atoms with van der Waals surface area (Å²) in [5.74, 6) is -1.93. The summed E-state index contributed by atoms with van der Waals surface area (Å²) in [6.45, 7) is 11.3. The number of carboxylic acid groups (broad SMARTS) is 1. The van der Waals surface area contributed by atoms with Gasteiger partial charge in [-0.15, -0.1) is 0 Å². The molecule has 116 valence electrons. The van der Waals surface area contributed by atoms with Crippen LogP contribution in [-0.2, 0) is 15.7 Å². The quantitative estimate of drug-likeness (QED) is 0.643. The molecule has 0 saturated heterocycles. The minimum absolute atomic E-state index is 0.155. The maximum Gasteiger partial charge on any atom is 0.373 e. The van der Waals surface area contributed by atoms with Crippen molar-refractivity contribution in [1.29, 1.82) is 0 Å². The van der Waals surface area contributed by atoms with E-state index in [0.717, 1.165) is 0 Å². The van der Waals surface area contributed by atoms with E-state index >= 15 is 0 Å². The molecule has 0 fully saturated rings. The van der Waals surface area contributed by atoms with E-state index in [9.17, 15) is 14.7 Å². The molecule has 0 heterocycles. The van der Waals surface area contributed by atoms with Crippen LogP contribution in [0.2, 0.25) is 0 Å². The average Bonchev–Trinajstić information content (AvgIpc) is 2.33. The topological polar surface area (TPSA) is 83.8 Å². The predicted octanol–water partition coefficient (Wildman–Crippen LogP) is 3.61. The van der Waals surface area contributed by atoms with Crippen molar-refractivity contribution in [2.75, 3.05) is 0 Å². The summed E-state index contributed by atoms with van der Waals surface area (Å²) < 4.78 is 0. The Labute approximate surface area is 124 Å². The molecule has 2 N–H and O–H groups in total. The lowest BCUT2D eigenvalue weighted by Gasteiger charge is -2.32. The van der Waals surface area contributed by atoms with Gasteiger partial charge in [-0.05, 0) is 34.1 Å². The summed E-state index contributed by atoms with van der Waals surface area (Å²) in [6.07, 6.45) is 0. The lowest BCUT2D eigenvalue weighted by atomic mass is 9.71. The molecule has 0 spiro atoms.